The fourth-order valence-corrected chi connectivity index (χ4v) is 5.85. The summed E-state index contributed by atoms with van der Waals surface area (Å²) in [4.78, 5) is 15.8. The Morgan fingerprint density at radius 3 is 2.65 bits per heavy atom. The van der Waals surface area contributed by atoms with Crippen molar-refractivity contribution in [3.05, 3.63) is 59.7 Å². The zero-order chi connectivity index (χ0) is 20.6. The number of para-hydroxylation sites is 1. The Bertz CT molecular complexity index is 914. The Kier molecular flexibility index (Phi) is 6.44. The van der Waals surface area contributed by atoms with Crippen LogP contribution in [0.5, 0.6) is 11.5 Å². The Morgan fingerprint density at radius 2 is 1.90 bits per heavy atom. The van der Waals surface area contributed by atoms with Crippen LogP contribution in [0.3, 0.4) is 0 Å². The van der Waals surface area contributed by atoms with E-state index in [0.717, 1.165) is 62.5 Å². The van der Waals surface area contributed by atoms with E-state index in [0.29, 0.717) is 18.4 Å². The summed E-state index contributed by atoms with van der Waals surface area (Å²) in [5.41, 5.74) is 2.40. The zero-order valence-corrected chi connectivity index (χ0v) is 18.8. The normalized spacial score (nSPS) is 25.5. The third-order valence-corrected chi connectivity index (χ3v) is 7.48. The summed E-state index contributed by atoms with van der Waals surface area (Å²) in [6.07, 6.45) is 2.99. The molecule has 2 N–H and O–H groups in total. The van der Waals surface area contributed by atoms with Crippen LogP contribution in [0.2, 0.25) is 0 Å². The monoisotopic (exact) mass is 442 g/mol. The van der Waals surface area contributed by atoms with E-state index in [2.05, 4.69) is 46.6 Å². The van der Waals surface area contributed by atoms with E-state index >= 15 is 0 Å². The van der Waals surface area contributed by atoms with Gasteiger partial charge in [0.25, 0.3) is 0 Å². The molecule has 0 bridgehead atoms. The maximum Gasteiger partial charge on any atom is 0.232 e. The fourth-order valence-electron chi connectivity index (χ4n) is 5.85. The summed E-state index contributed by atoms with van der Waals surface area (Å²) in [5, 5.41) is 2.31. The first-order chi connectivity index (χ1) is 14.7. The number of piperidine rings is 1. The van der Waals surface area contributed by atoms with Gasteiger partial charge >= 0.3 is 0 Å². The van der Waals surface area contributed by atoms with Crippen molar-refractivity contribution in [3.8, 4) is 11.5 Å². The summed E-state index contributed by atoms with van der Waals surface area (Å²) < 4.78 is 11.6. The highest BCUT2D eigenvalue weighted by molar-refractivity contribution is 5.82. The molecular weight excluding hydrogens is 412 g/mol. The van der Waals surface area contributed by atoms with E-state index in [1.807, 2.05) is 12.1 Å². The van der Waals surface area contributed by atoms with Crippen molar-refractivity contribution < 1.29 is 32.0 Å². The van der Waals surface area contributed by atoms with E-state index in [-0.39, 0.29) is 23.7 Å². The van der Waals surface area contributed by atoms with Gasteiger partial charge in [-0.1, -0.05) is 42.5 Å². The molecule has 5 rings (SSSR count). The van der Waals surface area contributed by atoms with Crippen LogP contribution in [0.25, 0.3) is 0 Å². The van der Waals surface area contributed by atoms with Gasteiger partial charge in [0, 0.05) is 18.7 Å². The number of halogens is 1. The lowest BCUT2D eigenvalue weighted by atomic mass is 9.68. The number of fused-ring (bicyclic) bond motifs is 2. The smallest absolute Gasteiger partial charge is 0.232 e. The van der Waals surface area contributed by atoms with Crippen LogP contribution in [0.1, 0.15) is 36.3 Å². The van der Waals surface area contributed by atoms with Gasteiger partial charge in [0.05, 0.1) is 32.2 Å². The van der Waals surface area contributed by atoms with Gasteiger partial charge in [0.2, 0.25) is 5.91 Å². The molecule has 3 aliphatic rings. The Balaban J connectivity index is 0.00000231. The summed E-state index contributed by atoms with van der Waals surface area (Å²) in [6.45, 7) is 4.14. The topological polar surface area (TPSA) is 55.4 Å². The van der Waals surface area contributed by atoms with Gasteiger partial charge in [0.1, 0.15) is 5.92 Å². The van der Waals surface area contributed by atoms with Gasteiger partial charge in [-0.15, -0.1) is 0 Å². The average Bonchev–Trinajstić information content (AvgIpc) is 3.23. The number of quaternary nitrogens is 1. The van der Waals surface area contributed by atoms with Gasteiger partial charge in [-0.3, -0.25) is 4.79 Å². The van der Waals surface area contributed by atoms with Gasteiger partial charge in [0.15, 0.2) is 11.5 Å². The number of rotatable bonds is 3. The predicted octanol–water partition coefficient (Wildman–Crippen LogP) is -0.681. The van der Waals surface area contributed by atoms with Crippen LogP contribution in [-0.2, 0) is 10.2 Å². The van der Waals surface area contributed by atoms with Gasteiger partial charge < -0.3 is 32.1 Å². The Hall–Kier alpha value is -2.24. The molecule has 5 nitrogen and oxygen atoms in total. The second-order valence-electron chi connectivity index (χ2n) is 8.88. The molecule has 0 saturated carbocycles. The van der Waals surface area contributed by atoms with Gasteiger partial charge in [-0.25, -0.2) is 0 Å². The number of benzene rings is 2. The molecule has 3 aliphatic heterocycles. The summed E-state index contributed by atoms with van der Waals surface area (Å²) in [6, 6.07) is 16.8. The first-order valence-corrected chi connectivity index (χ1v) is 11.2. The molecule has 1 amide bonds. The Morgan fingerprint density at radius 1 is 1.13 bits per heavy atom. The van der Waals surface area contributed by atoms with Crippen molar-refractivity contribution in [2.24, 2.45) is 5.92 Å². The average molecular weight is 443 g/mol. The molecule has 166 valence electrons. The molecule has 2 fully saturated rings. The molecule has 2 atom stereocenters. The van der Waals surface area contributed by atoms with E-state index in [9.17, 15) is 4.79 Å². The maximum absolute atomic E-state index is 13.7. The first kappa shape index (κ1) is 22.0. The lowest BCUT2D eigenvalue weighted by Gasteiger charge is -2.40. The second kappa shape index (κ2) is 9.09. The molecule has 1 spiro atoms. The quantitative estimate of drug-likeness (QED) is 0.685. The molecular formula is C25H31ClN2O3. The molecule has 0 aromatic heterocycles. The first-order valence-electron chi connectivity index (χ1n) is 11.2. The van der Waals surface area contributed by atoms with Crippen molar-refractivity contribution in [1.29, 1.82) is 0 Å². The molecule has 31 heavy (non-hydrogen) atoms. The molecule has 2 aromatic rings. The minimum absolute atomic E-state index is 0. The molecule has 0 aliphatic carbocycles. The Labute approximate surface area is 190 Å². The maximum atomic E-state index is 13.7. The SMILES string of the molecule is COc1cccc2c1OCC[C@]21C[NH2+]C[C@H]1C(=O)N1CCC(c2ccccc2)CC1.[Cl-]. The van der Waals surface area contributed by atoms with Crippen LogP contribution < -0.4 is 27.2 Å². The van der Waals surface area contributed by atoms with E-state index in [1.165, 1.54) is 5.56 Å². The van der Waals surface area contributed by atoms with Crippen LogP contribution >= 0.6 is 0 Å². The molecule has 2 saturated heterocycles. The number of carbonyl (C=O) groups is 1. The lowest BCUT2D eigenvalue weighted by Crippen LogP contribution is -3.00. The number of amides is 1. The number of hydrogen-bond donors (Lipinski definition) is 1. The molecule has 0 unspecified atom stereocenters. The lowest BCUT2D eigenvalue weighted by molar-refractivity contribution is -0.640. The predicted molar refractivity (Wildman–Crippen MR) is 115 cm³/mol. The van der Waals surface area contributed by atoms with Crippen molar-refractivity contribution in [2.75, 3.05) is 39.9 Å². The molecule has 3 heterocycles. The highest BCUT2D eigenvalue weighted by atomic mass is 35.5. The zero-order valence-electron chi connectivity index (χ0n) is 18.1. The van der Waals surface area contributed by atoms with Crippen molar-refractivity contribution in [1.82, 2.24) is 4.90 Å². The van der Waals surface area contributed by atoms with E-state index in [4.69, 9.17) is 9.47 Å². The third-order valence-electron chi connectivity index (χ3n) is 7.48. The number of carbonyl (C=O) groups excluding carboxylic acids is 1. The number of hydrogen-bond acceptors (Lipinski definition) is 3. The van der Waals surface area contributed by atoms with Crippen molar-refractivity contribution in [2.45, 2.75) is 30.6 Å². The second-order valence-corrected chi connectivity index (χ2v) is 8.88. The largest absolute Gasteiger partial charge is 1.00 e. The van der Waals surface area contributed by atoms with Gasteiger partial charge in [-0.05, 0) is 36.8 Å². The van der Waals surface area contributed by atoms with E-state index < -0.39 is 0 Å². The standard InChI is InChI=1S/C25H30N2O3.ClH/c1-29-22-9-5-8-20-23(22)30-15-12-25(20)17-26-16-21(25)24(28)27-13-10-19(11-14-27)18-6-3-2-4-7-18;/h2-9,19,21,26H,10-17H2,1H3;1H/t21-,25-;/m0./s1. The summed E-state index contributed by atoms with van der Waals surface area (Å²) in [7, 11) is 1.68. The van der Waals surface area contributed by atoms with Gasteiger partial charge in [-0.2, -0.15) is 0 Å². The number of ether oxygens (including phenoxy) is 2. The number of nitrogens with two attached hydrogens (primary N) is 1. The minimum atomic E-state index is -0.157. The van der Waals surface area contributed by atoms with Crippen molar-refractivity contribution >= 4 is 5.91 Å². The molecule has 2 aromatic carbocycles. The minimum Gasteiger partial charge on any atom is -1.00 e. The highest BCUT2D eigenvalue weighted by Crippen LogP contribution is 2.48. The van der Waals surface area contributed by atoms with Crippen LogP contribution in [0, 0.1) is 5.92 Å². The molecule has 6 heteroatoms. The number of methoxy groups -OCH3 is 1. The third kappa shape index (κ3) is 3.79. The number of nitrogens with zero attached hydrogens (tertiary/aromatic N) is 1. The van der Waals surface area contributed by atoms with Crippen LogP contribution in [0.15, 0.2) is 48.5 Å². The highest BCUT2D eigenvalue weighted by Gasteiger charge is 2.55. The number of likely N-dealkylation sites (tertiary alicyclic amines) is 1. The van der Waals surface area contributed by atoms with Crippen LogP contribution in [-0.4, -0.2) is 50.7 Å². The summed E-state index contributed by atoms with van der Waals surface area (Å²) in [5.74, 6) is 2.49. The van der Waals surface area contributed by atoms with Crippen LogP contribution in [0.4, 0.5) is 0 Å². The van der Waals surface area contributed by atoms with Crippen molar-refractivity contribution in [3.63, 3.8) is 0 Å². The van der Waals surface area contributed by atoms with E-state index in [1.54, 1.807) is 7.11 Å². The fraction of sp³-hybridized carbons (Fsp3) is 0.480. The molecule has 0 radical (unpaired) electrons. The summed E-state index contributed by atoms with van der Waals surface area (Å²) >= 11 is 0.